The van der Waals surface area contributed by atoms with E-state index in [1.165, 1.54) is 11.3 Å². The largest absolute Gasteiger partial charge is 0.390 e. The first-order valence-electron chi connectivity index (χ1n) is 5.28. The van der Waals surface area contributed by atoms with Crippen molar-refractivity contribution in [2.24, 2.45) is 5.73 Å². The van der Waals surface area contributed by atoms with Gasteiger partial charge in [0.15, 0.2) is 5.13 Å². The van der Waals surface area contributed by atoms with E-state index in [0.717, 1.165) is 10.2 Å². The lowest BCUT2D eigenvalue weighted by molar-refractivity contribution is -0.121. The fourth-order valence-electron chi connectivity index (χ4n) is 1.68. The van der Waals surface area contributed by atoms with Gasteiger partial charge in [0, 0.05) is 0 Å². The summed E-state index contributed by atoms with van der Waals surface area (Å²) in [4.78, 5) is 14.8. The molecule has 2 aromatic rings. The summed E-state index contributed by atoms with van der Waals surface area (Å²) in [5.74, 6) is -0.662. The van der Waals surface area contributed by atoms with Crippen molar-refractivity contribution in [2.45, 2.75) is 18.6 Å². The van der Waals surface area contributed by atoms with E-state index < -0.39 is 18.1 Å². The highest BCUT2D eigenvalue weighted by atomic mass is 32.1. The van der Waals surface area contributed by atoms with Crippen LogP contribution in [0.5, 0.6) is 0 Å². The van der Waals surface area contributed by atoms with Crippen molar-refractivity contribution in [2.75, 3.05) is 5.73 Å². The molecule has 1 heterocycles. The van der Waals surface area contributed by atoms with E-state index in [1.54, 1.807) is 18.2 Å². The van der Waals surface area contributed by atoms with Crippen LogP contribution in [-0.4, -0.2) is 27.2 Å². The Labute approximate surface area is 107 Å². The average Bonchev–Trinajstić information content (AvgIpc) is 2.65. The van der Waals surface area contributed by atoms with Gasteiger partial charge in [-0.15, -0.1) is 0 Å². The lowest BCUT2D eigenvalue weighted by Gasteiger charge is -2.16. The Kier molecular flexibility index (Phi) is 3.46. The van der Waals surface area contributed by atoms with Crippen molar-refractivity contribution in [3.05, 3.63) is 23.8 Å². The van der Waals surface area contributed by atoms with Crippen LogP contribution < -0.4 is 11.5 Å². The standard InChI is InChI=1S/C11H13N3O3S/c12-9(16)4-7(15)10(17)5-1-2-6-8(3-5)18-11(13)14-6/h1-3,7,10,15,17H,4H2,(H2,12,16)(H2,13,14). The van der Waals surface area contributed by atoms with Gasteiger partial charge in [0.25, 0.3) is 0 Å². The molecule has 0 aliphatic rings. The number of primary amides is 1. The SMILES string of the molecule is NC(=O)CC(O)C(O)c1ccc2nc(N)sc2c1. The van der Waals surface area contributed by atoms with Crippen LogP contribution in [0.15, 0.2) is 18.2 Å². The molecule has 2 unspecified atom stereocenters. The summed E-state index contributed by atoms with van der Waals surface area (Å²) in [5, 5.41) is 20.0. The first-order valence-corrected chi connectivity index (χ1v) is 6.09. The number of thiazole rings is 1. The van der Waals surface area contributed by atoms with Gasteiger partial charge in [-0.2, -0.15) is 0 Å². The molecule has 6 nitrogen and oxygen atoms in total. The van der Waals surface area contributed by atoms with Gasteiger partial charge in [0.2, 0.25) is 5.91 Å². The Morgan fingerprint density at radius 2 is 2.17 bits per heavy atom. The molecule has 6 N–H and O–H groups in total. The summed E-state index contributed by atoms with van der Waals surface area (Å²) in [6, 6.07) is 5.03. The van der Waals surface area contributed by atoms with Crippen LogP contribution in [-0.2, 0) is 4.79 Å². The second-order valence-corrected chi connectivity index (χ2v) is 5.02. The zero-order chi connectivity index (χ0) is 13.3. The number of amides is 1. The summed E-state index contributed by atoms with van der Waals surface area (Å²) in [5.41, 5.74) is 11.8. The number of benzene rings is 1. The van der Waals surface area contributed by atoms with E-state index in [-0.39, 0.29) is 6.42 Å². The lowest BCUT2D eigenvalue weighted by Crippen LogP contribution is -2.25. The predicted octanol–water partition coefficient (Wildman–Crippen LogP) is 0.148. The maximum absolute atomic E-state index is 10.7. The van der Waals surface area contributed by atoms with Gasteiger partial charge in [-0.05, 0) is 17.7 Å². The Bertz CT molecular complexity index is 584. The third-order valence-corrected chi connectivity index (χ3v) is 3.39. The topological polar surface area (TPSA) is 122 Å². The molecule has 1 amide bonds. The molecule has 7 heteroatoms. The fourth-order valence-corrected chi connectivity index (χ4v) is 2.47. The molecule has 2 atom stereocenters. The molecule has 2 rings (SSSR count). The van der Waals surface area contributed by atoms with Crippen LogP contribution in [0.2, 0.25) is 0 Å². The van der Waals surface area contributed by atoms with Crippen molar-refractivity contribution in [3.8, 4) is 0 Å². The minimum Gasteiger partial charge on any atom is -0.390 e. The molecule has 0 spiro atoms. The number of aliphatic hydroxyl groups is 2. The zero-order valence-electron chi connectivity index (χ0n) is 9.41. The van der Waals surface area contributed by atoms with Crippen LogP contribution in [0.3, 0.4) is 0 Å². The lowest BCUT2D eigenvalue weighted by atomic mass is 10.0. The van der Waals surface area contributed by atoms with E-state index in [4.69, 9.17) is 11.5 Å². The van der Waals surface area contributed by atoms with Gasteiger partial charge in [0.05, 0.1) is 22.7 Å². The highest BCUT2D eigenvalue weighted by Gasteiger charge is 2.20. The number of carbonyl (C=O) groups excluding carboxylic acids is 1. The molecular formula is C11H13N3O3S. The van der Waals surface area contributed by atoms with E-state index in [1.807, 2.05) is 0 Å². The summed E-state index contributed by atoms with van der Waals surface area (Å²) in [6.45, 7) is 0. The maximum atomic E-state index is 10.7. The average molecular weight is 267 g/mol. The molecular weight excluding hydrogens is 254 g/mol. The molecule has 18 heavy (non-hydrogen) atoms. The molecule has 1 aromatic heterocycles. The summed E-state index contributed by atoms with van der Waals surface area (Å²) >= 11 is 1.29. The molecule has 0 bridgehead atoms. The van der Waals surface area contributed by atoms with Gasteiger partial charge in [0.1, 0.15) is 6.10 Å². The molecule has 0 aliphatic carbocycles. The van der Waals surface area contributed by atoms with Crippen LogP contribution in [0.4, 0.5) is 5.13 Å². The second kappa shape index (κ2) is 4.89. The fraction of sp³-hybridized carbons (Fsp3) is 0.273. The predicted molar refractivity (Wildman–Crippen MR) is 68.8 cm³/mol. The van der Waals surface area contributed by atoms with Crippen LogP contribution >= 0.6 is 11.3 Å². The van der Waals surface area contributed by atoms with Crippen molar-refractivity contribution in [1.82, 2.24) is 4.98 Å². The minimum absolute atomic E-state index is 0.288. The van der Waals surface area contributed by atoms with Crippen molar-refractivity contribution in [1.29, 1.82) is 0 Å². The zero-order valence-corrected chi connectivity index (χ0v) is 10.2. The van der Waals surface area contributed by atoms with Crippen molar-refractivity contribution >= 4 is 32.6 Å². The molecule has 0 saturated carbocycles. The Morgan fingerprint density at radius 1 is 1.44 bits per heavy atom. The number of nitrogen functional groups attached to an aromatic ring is 1. The number of nitrogens with two attached hydrogens (primary N) is 2. The highest BCUT2D eigenvalue weighted by molar-refractivity contribution is 7.22. The van der Waals surface area contributed by atoms with Gasteiger partial charge in [-0.3, -0.25) is 4.79 Å². The molecule has 0 saturated heterocycles. The van der Waals surface area contributed by atoms with Crippen molar-refractivity contribution < 1.29 is 15.0 Å². The molecule has 1 aromatic carbocycles. The van der Waals surface area contributed by atoms with E-state index >= 15 is 0 Å². The second-order valence-electron chi connectivity index (χ2n) is 3.96. The third kappa shape index (κ3) is 2.58. The van der Waals surface area contributed by atoms with Crippen LogP contribution in [0, 0.1) is 0 Å². The summed E-state index contributed by atoms with van der Waals surface area (Å²) in [6.07, 6.45) is -2.67. The summed E-state index contributed by atoms with van der Waals surface area (Å²) < 4.78 is 0.815. The number of rotatable bonds is 4. The first kappa shape index (κ1) is 12.7. The number of aromatic nitrogens is 1. The molecule has 0 aliphatic heterocycles. The van der Waals surface area contributed by atoms with Gasteiger partial charge in [-0.1, -0.05) is 17.4 Å². The number of fused-ring (bicyclic) bond motifs is 1. The Hall–Kier alpha value is -1.70. The van der Waals surface area contributed by atoms with Crippen LogP contribution in [0.25, 0.3) is 10.2 Å². The monoisotopic (exact) mass is 267 g/mol. The summed E-state index contributed by atoms with van der Waals surface area (Å²) in [7, 11) is 0. The Balaban J connectivity index is 2.26. The normalized spacial score (nSPS) is 14.6. The minimum atomic E-state index is -1.22. The first-order chi connectivity index (χ1) is 8.47. The van der Waals surface area contributed by atoms with Gasteiger partial charge in [-0.25, -0.2) is 4.98 Å². The Morgan fingerprint density at radius 3 is 2.83 bits per heavy atom. The highest BCUT2D eigenvalue weighted by Crippen LogP contribution is 2.28. The van der Waals surface area contributed by atoms with Gasteiger partial charge >= 0.3 is 0 Å². The number of anilines is 1. The van der Waals surface area contributed by atoms with Crippen molar-refractivity contribution in [3.63, 3.8) is 0 Å². The molecule has 0 fully saturated rings. The number of hydrogen-bond donors (Lipinski definition) is 4. The van der Waals surface area contributed by atoms with Crippen LogP contribution in [0.1, 0.15) is 18.1 Å². The van der Waals surface area contributed by atoms with E-state index in [2.05, 4.69) is 4.98 Å². The number of aliphatic hydroxyl groups excluding tert-OH is 2. The van der Waals surface area contributed by atoms with Gasteiger partial charge < -0.3 is 21.7 Å². The van der Waals surface area contributed by atoms with E-state index in [9.17, 15) is 15.0 Å². The quantitative estimate of drug-likeness (QED) is 0.628. The number of hydrogen-bond acceptors (Lipinski definition) is 6. The molecule has 96 valence electrons. The van der Waals surface area contributed by atoms with E-state index in [0.29, 0.717) is 10.7 Å². The number of carbonyl (C=O) groups is 1. The smallest absolute Gasteiger partial charge is 0.220 e. The number of nitrogens with zero attached hydrogens (tertiary/aromatic N) is 1. The maximum Gasteiger partial charge on any atom is 0.220 e. The molecule has 0 radical (unpaired) electrons. The third-order valence-electron chi connectivity index (χ3n) is 2.55.